The second-order valence-corrected chi connectivity index (χ2v) is 8.40. The molecule has 2 heterocycles. The lowest BCUT2D eigenvalue weighted by Gasteiger charge is -2.07. The number of hydrogen-bond donors (Lipinski definition) is 2. The molecule has 0 bridgehead atoms. The van der Waals surface area contributed by atoms with Gasteiger partial charge in [0.25, 0.3) is 0 Å². The summed E-state index contributed by atoms with van der Waals surface area (Å²) < 4.78 is 0.554. The first-order chi connectivity index (χ1) is 11.8. The standard InChI is InChI=1S/C16H6Cl5NO2S/c17-4-1-5-11(8(19)2-4)22-12(13(5)23)16-14(24)6-3-7(18)9(20)10(21)15(6)25-16/h1-3,13,23-24H. The number of halogens is 5. The van der Waals surface area contributed by atoms with Gasteiger partial charge in [-0.1, -0.05) is 58.0 Å². The molecule has 0 amide bonds. The predicted molar refractivity (Wildman–Crippen MR) is 106 cm³/mol. The van der Waals surface area contributed by atoms with Crippen molar-refractivity contribution in [2.75, 3.05) is 0 Å². The van der Waals surface area contributed by atoms with Crippen LogP contribution in [0.2, 0.25) is 25.1 Å². The Hall–Kier alpha value is -0.720. The van der Waals surface area contributed by atoms with Crippen molar-refractivity contribution in [3.05, 3.63) is 53.8 Å². The Balaban J connectivity index is 1.95. The molecular formula is C16H6Cl5NO2S. The third kappa shape index (κ3) is 2.63. The second-order valence-electron chi connectivity index (χ2n) is 5.37. The zero-order valence-electron chi connectivity index (χ0n) is 11.9. The summed E-state index contributed by atoms with van der Waals surface area (Å²) in [6.07, 6.45) is -1.07. The fraction of sp³-hybridized carbons (Fsp3) is 0.0625. The molecule has 1 aliphatic heterocycles. The van der Waals surface area contributed by atoms with Gasteiger partial charge in [-0.05, 0) is 18.2 Å². The van der Waals surface area contributed by atoms with Crippen LogP contribution < -0.4 is 0 Å². The first-order valence-electron chi connectivity index (χ1n) is 6.84. The molecule has 1 aliphatic rings. The molecule has 2 aromatic carbocycles. The lowest BCUT2D eigenvalue weighted by atomic mass is 10.1. The number of nitrogens with zero attached hydrogens (tertiary/aromatic N) is 1. The van der Waals surface area contributed by atoms with Crippen LogP contribution in [0.5, 0.6) is 5.75 Å². The summed E-state index contributed by atoms with van der Waals surface area (Å²) in [6, 6.07) is 4.66. The van der Waals surface area contributed by atoms with Crippen molar-refractivity contribution < 1.29 is 10.2 Å². The Labute approximate surface area is 171 Å². The molecule has 0 radical (unpaired) electrons. The third-order valence-corrected chi connectivity index (χ3v) is 6.98. The molecule has 0 saturated heterocycles. The summed E-state index contributed by atoms with van der Waals surface area (Å²) in [5.41, 5.74) is 1.17. The zero-order chi connectivity index (χ0) is 18.0. The molecule has 128 valence electrons. The molecule has 25 heavy (non-hydrogen) atoms. The van der Waals surface area contributed by atoms with Crippen LogP contribution in [0.3, 0.4) is 0 Å². The lowest BCUT2D eigenvalue weighted by Crippen LogP contribution is -2.07. The molecular weight excluding hydrogens is 448 g/mol. The first-order valence-corrected chi connectivity index (χ1v) is 9.55. The third-order valence-electron chi connectivity index (χ3n) is 3.87. The number of aromatic hydroxyl groups is 1. The zero-order valence-corrected chi connectivity index (χ0v) is 16.5. The number of aliphatic imine (C=N–C) groups is 1. The van der Waals surface area contributed by atoms with Crippen LogP contribution in [-0.2, 0) is 0 Å². The molecule has 1 atom stereocenters. The Morgan fingerprint density at radius 2 is 1.68 bits per heavy atom. The highest BCUT2D eigenvalue weighted by molar-refractivity contribution is 7.22. The van der Waals surface area contributed by atoms with E-state index in [9.17, 15) is 10.2 Å². The highest BCUT2D eigenvalue weighted by Gasteiger charge is 2.32. The minimum atomic E-state index is -1.07. The van der Waals surface area contributed by atoms with Crippen LogP contribution in [-0.4, -0.2) is 15.9 Å². The number of thiophene rings is 1. The van der Waals surface area contributed by atoms with E-state index in [0.29, 0.717) is 36.3 Å². The number of hydrogen-bond acceptors (Lipinski definition) is 4. The van der Waals surface area contributed by atoms with E-state index < -0.39 is 6.10 Å². The van der Waals surface area contributed by atoms with Gasteiger partial charge in [0.1, 0.15) is 11.9 Å². The van der Waals surface area contributed by atoms with E-state index in [1.807, 2.05) is 0 Å². The van der Waals surface area contributed by atoms with E-state index in [0.717, 1.165) is 11.3 Å². The fourth-order valence-corrected chi connectivity index (χ4v) is 5.17. The van der Waals surface area contributed by atoms with Crippen molar-refractivity contribution in [3.63, 3.8) is 0 Å². The fourth-order valence-electron chi connectivity index (χ4n) is 2.72. The Kier molecular flexibility index (Phi) is 4.36. The van der Waals surface area contributed by atoms with Crippen LogP contribution in [0.15, 0.2) is 23.2 Å². The number of aliphatic hydroxyl groups excluding tert-OH is 1. The van der Waals surface area contributed by atoms with E-state index >= 15 is 0 Å². The van der Waals surface area contributed by atoms with Gasteiger partial charge in [-0.3, -0.25) is 0 Å². The molecule has 9 heteroatoms. The largest absolute Gasteiger partial charge is 0.506 e. The van der Waals surface area contributed by atoms with Gasteiger partial charge < -0.3 is 10.2 Å². The molecule has 0 saturated carbocycles. The first kappa shape index (κ1) is 17.7. The SMILES string of the molecule is Oc1c(C2=Nc3c(Cl)cc(Cl)cc3C2O)sc2c(Cl)c(Cl)c(Cl)cc12. The maximum absolute atomic E-state index is 10.6. The van der Waals surface area contributed by atoms with Gasteiger partial charge in [-0.15, -0.1) is 11.3 Å². The minimum absolute atomic E-state index is 0.0757. The van der Waals surface area contributed by atoms with Crippen molar-refractivity contribution in [1.29, 1.82) is 0 Å². The Morgan fingerprint density at radius 1 is 0.960 bits per heavy atom. The van der Waals surface area contributed by atoms with Crippen LogP contribution in [0.1, 0.15) is 16.5 Å². The number of aliphatic hydroxyl groups is 1. The summed E-state index contributed by atoms with van der Waals surface area (Å²) in [5, 5.41) is 23.1. The lowest BCUT2D eigenvalue weighted by molar-refractivity contribution is 0.252. The highest BCUT2D eigenvalue weighted by Crippen LogP contribution is 2.50. The quantitative estimate of drug-likeness (QED) is 0.388. The van der Waals surface area contributed by atoms with Gasteiger partial charge in [0, 0.05) is 16.0 Å². The van der Waals surface area contributed by atoms with E-state index in [1.54, 1.807) is 12.1 Å². The predicted octanol–water partition coefficient (Wildman–Crippen LogP) is 7.04. The molecule has 2 N–H and O–H groups in total. The van der Waals surface area contributed by atoms with Gasteiger partial charge in [0.2, 0.25) is 0 Å². The van der Waals surface area contributed by atoms with Crippen molar-refractivity contribution in [3.8, 4) is 5.75 Å². The van der Waals surface area contributed by atoms with E-state index in [1.165, 1.54) is 6.07 Å². The van der Waals surface area contributed by atoms with E-state index in [4.69, 9.17) is 58.0 Å². The van der Waals surface area contributed by atoms with Gasteiger partial charge >= 0.3 is 0 Å². The summed E-state index contributed by atoms with van der Waals surface area (Å²) in [7, 11) is 0. The average molecular weight is 454 g/mol. The highest BCUT2D eigenvalue weighted by atomic mass is 35.5. The van der Waals surface area contributed by atoms with Crippen molar-refractivity contribution >= 4 is 90.8 Å². The molecule has 1 aromatic heterocycles. The maximum Gasteiger partial charge on any atom is 0.143 e. The molecule has 1 unspecified atom stereocenters. The summed E-state index contributed by atoms with van der Waals surface area (Å²) in [6.45, 7) is 0. The van der Waals surface area contributed by atoms with Crippen LogP contribution >= 0.6 is 69.3 Å². The van der Waals surface area contributed by atoms with Crippen molar-refractivity contribution in [1.82, 2.24) is 0 Å². The minimum Gasteiger partial charge on any atom is -0.506 e. The molecule has 0 fully saturated rings. The van der Waals surface area contributed by atoms with Crippen molar-refractivity contribution in [2.24, 2.45) is 4.99 Å². The van der Waals surface area contributed by atoms with Crippen LogP contribution in [0, 0.1) is 0 Å². The summed E-state index contributed by atoms with van der Waals surface area (Å²) >= 11 is 31.7. The van der Waals surface area contributed by atoms with Crippen molar-refractivity contribution in [2.45, 2.75) is 6.10 Å². The summed E-state index contributed by atoms with van der Waals surface area (Å²) in [4.78, 5) is 4.76. The van der Waals surface area contributed by atoms with Gasteiger partial charge in [-0.2, -0.15) is 0 Å². The molecule has 3 nitrogen and oxygen atoms in total. The topological polar surface area (TPSA) is 52.8 Å². The van der Waals surface area contributed by atoms with E-state index in [-0.39, 0.29) is 26.5 Å². The second kappa shape index (κ2) is 6.17. The van der Waals surface area contributed by atoms with Crippen LogP contribution in [0.25, 0.3) is 10.1 Å². The maximum atomic E-state index is 10.6. The molecule has 3 aromatic rings. The van der Waals surface area contributed by atoms with Crippen LogP contribution in [0.4, 0.5) is 5.69 Å². The smallest absolute Gasteiger partial charge is 0.143 e. The van der Waals surface area contributed by atoms with E-state index in [2.05, 4.69) is 4.99 Å². The summed E-state index contributed by atoms with van der Waals surface area (Å²) in [5.74, 6) is -0.0757. The number of benzene rings is 2. The van der Waals surface area contributed by atoms with Gasteiger partial charge in [0.05, 0.1) is 41.1 Å². The monoisotopic (exact) mass is 451 g/mol. The molecule has 4 rings (SSSR count). The van der Waals surface area contributed by atoms with Gasteiger partial charge in [0.15, 0.2) is 0 Å². The Bertz CT molecular complexity index is 1090. The molecule has 0 spiro atoms. The number of fused-ring (bicyclic) bond motifs is 2. The average Bonchev–Trinajstić information content (AvgIpc) is 3.05. The molecule has 0 aliphatic carbocycles. The normalized spacial score (nSPS) is 16.4. The van der Waals surface area contributed by atoms with Gasteiger partial charge in [-0.25, -0.2) is 4.99 Å². The Morgan fingerprint density at radius 3 is 2.40 bits per heavy atom. The number of rotatable bonds is 1.